The topological polar surface area (TPSA) is 12.4 Å². The summed E-state index contributed by atoms with van der Waals surface area (Å²) in [6.45, 7) is 4.42. The van der Waals surface area contributed by atoms with Crippen LogP contribution in [0.4, 0.5) is 0 Å². The van der Waals surface area contributed by atoms with Crippen LogP contribution in [-0.4, -0.2) is 6.21 Å². The van der Waals surface area contributed by atoms with E-state index in [0.717, 1.165) is 12.8 Å². The molecule has 0 fully saturated rings. The van der Waals surface area contributed by atoms with Crippen LogP contribution in [0.15, 0.2) is 65.7 Å². The van der Waals surface area contributed by atoms with Gasteiger partial charge >= 0.3 is 0 Å². The molecule has 0 heterocycles. The Labute approximate surface area is 122 Å². The molecule has 0 N–H and O–H groups in total. The van der Waals surface area contributed by atoms with E-state index in [1.165, 1.54) is 11.1 Å². The van der Waals surface area contributed by atoms with Gasteiger partial charge in [-0.1, -0.05) is 80.9 Å². The number of nitrogens with zero attached hydrogens (tertiary/aromatic N) is 1. The van der Waals surface area contributed by atoms with Gasteiger partial charge in [0.25, 0.3) is 0 Å². The first-order valence-corrected chi connectivity index (χ1v) is 7.44. The van der Waals surface area contributed by atoms with Gasteiger partial charge in [0.1, 0.15) is 0 Å². The van der Waals surface area contributed by atoms with E-state index in [9.17, 15) is 0 Å². The fraction of sp³-hybridized carbons (Fsp3) is 0.316. The molecule has 0 aliphatic carbocycles. The lowest BCUT2D eigenvalue weighted by Gasteiger charge is -2.13. The Morgan fingerprint density at radius 1 is 0.900 bits per heavy atom. The number of rotatable bonds is 6. The first-order valence-electron chi connectivity index (χ1n) is 7.44. The van der Waals surface area contributed by atoms with E-state index >= 15 is 0 Å². The summed E-state index contributed by atoms with van der Waals surface area (Å²) in [5.74, 6) is 0.360. The molecule has 0 saturated heterocycles. The predicted molar refractivity (Wildman–Crippen MR) is 87.4 cm³/mol. The van der Waals surface area contributed by atoms with E-state index in [4.69, 9.17) is 4.99 Å². The number of aliphatic imine (C=N–C) groups is 1. The number of hydrogen-bond donors (Lipinski definition) is 0. The van der Waals surface area contributed by atoms with Gasteiger partial charge in [0.05, 0.1) is 6.04 Å². The standard InChI is InChI=1S/C19H23N/c1-3-10-19(18-13-8-5-9-14-18)20-15-16(2)17-11-6-4-7-12-17/h4-9,11-16,19H,3,10H2,1-2H3. The van der Waals surface area contributed by atoms with Crippen molar-refractivity contribution in [3.8, 4) is 0 Å². The maximum atomic E-state index is 4.83. The molecule has 2 aromatic rings. The van der Waals surface area contributed by atoms with Crippen LogP contribution in [0.3, 0.4) is 0 Å². The zero-order valence-electron chi connectivity index (χ0n) is 12.4. The van der Waals surface area contributed by atoms with Gasteiger partial charge in [0.2, 0.25) is 0 Å². The largest absolute Gasteiger partial charge is 0.289 e. The summed E-state index contributed by atoms with van der Waals surface area (Å²) in [4.78, 5) is 4.83. The van der Waals surface area contributed by atoms with Crippen molar-refractivity contribution >= 4 is 6.21 Å². The molecule has 0 bridgehead atoms. The maximum Gasteiger partial charge on any atom is 0.0745 e. The zero-order valence-corrected chi connectivity index (χ0v) is 12.4. The monoisotopic (exact) mass is 265 g/mol. The Morgan fingerprint density at radius 2 is 1.45 bits per heavy atom. The maximum absolute atomic E-state index is 4.83. The normalized spacial score (nSPS) is 14.3. The minimum absolute atomic E-state index is 0.285. The molecule has 2 rings (SSSR count). The number of hydrogen-bond acceptors (Lipinski definition) is 1. The third kappa shape index (κ3) is 4.06. The highest BCUT2D eigenvalue weighted by Gasteiger charge is 2.08. The summed E-state index contributed by atoms with van der Waals surface area (Å²) in [7, 11) is 0. The van der Waals surface area contributed by atoms with Crippen molar-refractivity contribution in [2.24, 2.45) is 4.99 Å². The molecule has 104 valence electrons. The van der Waals surface area contributed by atoms with Crippen molar-refractivity contribution in [1.82, 2.24) is 0 Å². The second-order valence-electron chi connectivity index (χ2n) is 5.21. The number of benzene rings is 2. The molecule has 0 aliphatic heterocycles. The average molecular weight is 265 g/mol. The van der Waals surface area contributed by atoms with Crippen molar-refractivity contribution in [2.45, 2.75) is 38.6 Å². The predicted octanol–water partition coefficient (Wildman–Crippen LogP) is 5.40. The molecule has 0 saturated carbocycles. The SMILES string of the molecule is CCCC(N=CC(C)c1ccccc1)c1ccccc1. The highest BCUT2D eigenvalue weighted by Crippen LogP contribution is 2.23. The Kier molecular flexibility index (Phi) is 5.55. The van der Waals surface area contributed by atoms with E-state index < -0.39 is 0 Å². The van der Waals surface area contributed by atoms with E-state index in [-0.39, 0.29) is 6.04 Å². The van der Waals surface area contributed by atoms with Crippen LogP contribution in [0, 0.1) is 0 Å². The van der Waals surface area contributed by atoms with Gasteiger partial charge in [-0.15, -0.1) is 0 Å². The molecule has 2 aromatic carbocycles. The van der Waals surface area contributed by atoms with Crippen molar-refractivity contribution in [2.75, 3.05) is 0 Å². The molecule has 0 spiro atoms. The second-order valence-corrected chi connectivity index (χ2v) is 5.21. The Bertz CT molecular complexity index is 516. The van der Waals surface area contributed by atoms with Crippen LogP contribution in [0.2, 0.25) is 0 Å². The first-order chi connectivity index (χ1) is 9.81. The zero-order chi connectivity index (χ0) is 14.2. The van der Waals surface area contributed by atoms with Crippen molar-refractivity contribution in [3.05, 3.63) is 71.8 Å². The van der Waals surface area contributed by atoms with Gasteiger partial charge in [-0.3, -0.25) is 4.99 Å². The summed E-state index contributed by atoms with van der Waals surface area (Å²) in [5.41, 5.74) is 2.63. The fourth-order valence-electron chi connectivity index (χ4n) is 2.35. The van der Waals surface area contributed by atoms with Gasteiger partial charge in [-0.25, -0.2) is 0 Å². The smallest absolute Gasteiger partial charge is 0.0745 e. The third-order valence-electron chi connectivity index (χ3n) is 3.56. The molecule has 0 radical (unpaired) electrons. The quantitative estimate of drug-likeness (QED) is 0.620. The molecule has 0 aliphatic rings. The van der Waals surface area contributed by atoms with Crippen molar-refractivity contribution < 1.29 is 0 Å². The first kappa shape index (κ1) is 14.5. The Balaban J connectivity index is 2.10. The molecule has 2 unspecified atom stereocenters. The molecular weight excluding hydrogens is 242 g/mol. The lowest BCUT2D eigenvalue weighted by Crippen LogP contribution is -1.99. The van der Waals surface area contributed by atoms with Crippen LogP contribution < -0.4 is 0 Å². The Hall–Kier alpha value is -1.89. The minimum atomic E-state index is 0.285. The molecule has 1 heteroatoms. The van der Waals surface area contributed by atoms with E-state index in [2.05, 4.69) is 80.7 Å². The summed E-state index contributed by atoms with van der Waals surface area (Å²) < 4.78 is 0. The van der Waals surface area contributed by atoms with Crippen LogP contribution in [0.25, 0.3) is 0 Å². The van der Waals surface area contributed by atoms with Crippen LogP contribution in [-0.2, 0) is 0 Å². The van der Waals surface area contributed by atoms with Crippen molar-refractivity contribution in [1.29, 1.82) is 0 Å². The molecule has 1 nitrogen and oxygen atoms in total. The summed E-state index contributed by atoms with van der Waals surface area (Å²) in [5, 5.41) is 0. The molecule has 2 atom stereocenters. The van der Waals surface area contributed by atoms with E-state index in [0.29, 0.717) is 5.92 Å². The molecule has 0 aromatic heterocycles. The van der Waals surface area contributed by atoms with Crippen molar-refractivity contribution in [3.63, 3.8) is 0 Å². The lowest BCUT2D eigenvalue weighted by molar-refractivity contribution is 0.640. The minimum Gasteiger partial charge on any atom is -0.289 e. The van der Waals surface area contributed by atoms with Gasteiger partial charge in [-0.2, -0.15) is 0 Å². The molecule has 0 amide bonds. The molecular formula is C19H23N. The second kappa shape index (κ2) is 7.64. The van der Waals surface area contributed by atoms with Gasteiger partial charge < -0.3 is 0 Å². The average Bonchev–Trinajstić information content (AvgIpc) is 2.53. The fourth-order valence-corrected chi connectivity index (χ4v) is 2.35. The lowest BCUT2D eigenvalue weighted by atomic mass is 10.0. The Morgan fingerprint density at radius 3 is 2.00 bits per heavy atom. The summed E-state index contributed by atoms with van der Waals surface area (Å²) >= 11 is 0. The summed E-state index contributed by atoms with van der Waals surface area (Å²) in [6, 6.07) is 21.4. The van der Waals surface area contributed by atoms with Gasteiger partial charge in [-0.05, 0) is 17.5 Å². The highest BCUT2D eigenvalue weighted by molar-refractivity contribution is 5.67. The van der Waals surface area contributed by atoms with E-state index in [1.54, 1.807) is 0 Å². The van der Waals surface area contributed by atoms with E-state index in [1.807, 2.05) is 0 Å². The van der Waals surface area contributed by atoms with Gasteiger partial charge in [0, 0.05) is 12.1 Å². The van der Waals surface area contributed by atoms with Crippen LogP contribution in [0.5, 0.6) is 0 Å². The molecule has 20 heavy (non-hydrogen) atoms. The van der Waals surface area contributed by atoms with Gasteiger partial charge in [0.15, 0.2) is 0 Å². The van der Waals surface area contributed by atoms with Crippen LogP contribution >= 0.6 is 0 Å². The highest BCUT2D eigenvalue weighted by atomic mass is 14.8. The van der Waals surface area contributed by atoms with Crippen LogP contribution in [0.1, 0.15) is 49.8 Å². The summed E-state index contributed by atoms with van der Waals surface area (Å²) in [6.07, 6.45) is 4.35. The third-order valence-corrected chi connectivity index (χ3v) is 3.56.